The molecule has 0 aliphatic rings. The number of benzene rings is 1. The average molecular weight is 311 g/mol. The zero-order valence-corrected chi connectivity index (χ0v) is 13.0. The number of carbonyl (C=O) groups excluding carboxylic acids is 1. The van der Waals surface area contributed by atoms with Crippen LogP contribution in [0.1, 0.15) is 34.1 Å². The van der Waals surface area contributed by atoms with Crippen LogP contribution in [0.5, 0.6) is 0 Å². The second-order valence-corrected chi connectivity index (χ2v) is 5.11. The number of rotatable bonds is 5. The van der Waals surface area contributed by atoms with Crippen molar-refractivity contribution in [1.29, 1.82) is 5.26 Å². The van der Waals surface area contributed by atoms with E-state index in [-0.39, 0.29) is 17.9 Å². The first-order chi connectivity index (χ1) is 11.0. The summed E-state index contributed by atoms with van der Waals surface area (Å²) in [5, 5.41) is 21.1. The molecule has 6 nitrogen and oxygen atoms in total. The number of anilines is 1. The predicted octanol–water partition coefficient (Wildman–Crippen LogP) is 2.57. The molecule has 2 N–H and O–H groups in total. The van der Waals surface area contributed by atoms with Crippen LogP contribution in [0.25, 0.3) is 0 Å². The van der Waals surface area contributed by atoms with E-state index in [4.69, 9.17) is 5.26 Å². The summed E-state index contributed by atoms with van der Waals surface area (Å²) in [5.41, 5.74) is 2.03. The Hall–Kier alpha value is -3.07. The molecule has 0 radical (unpaired) electrons. The Morgan fingerprint density at radius 1 is 1.35 bits per heavy atom. The predicted molar refractivity (Wildman–Crippen MR) is 85.3 cm³/mol. The Kier molecular flexibility index (Phi) is 4.82. The average Bonchev–Trinajstić information content (AvgIpc) is 2.83. The van der Waals surface area contributed by atoms with Crippen LogP contribution in [0.2, 0.25) is 0 Å². The molecule has 0 saturated heterocycles. The molecule has 118 valence electrons. The number of nitriles is 1. The molecule has 0 spiro atoms. The van der Waals surface area contributed by atoms with Crippen LogP contribution >= 0.6 is 0 Å². The Morgan fingerprint density at radius 3 is 2.65 bits per heavy atom. The quantitative estimate of drug-likeness (QED) is 0.887. The second-order valence-electron chi connectivity index (χ2n) is 5.11. The Morgan fingerprint density at radius 2 is 2.04 bits per heavy atom. The van der Waals surface area contributed by atoms with Crippen molar-refractivity contribution in [2.75, 3.05) is 5.32 Å². The number of amides is 1. The van der Waals surface area contributed by atoms with Gasteiger partial charge in [-0.3, -0.25) is 4.79 Å². The monoisotopic (exact) mass is 311 g/mol. The fourth-order valence-corrected chi connectivity index (χ4v) is 2.55. The Labute approximate surface area is 134 Å². The standard InChI is InChI=1S/C17H17N3O3/c1-3-20-10-11(2)16(17(22)23)14(20)8-15(21)19-13-7-5-4-6-12(13)9-18/h4-7,10H,3,8H2,1-2H3,(H,19,21)(H,22,23). The van der Waals surface area contributed by atoms with Crippen molar-refractivity contribution in [2.24, 2.45) is 0 Å². The van der Waals surface area contributed by atoms with E-state index in [1.165, 1.54) is 0 Å². The summed E-state index contributed by atoms with van der Waals surface area (Å²) < 4.78 is 1.76. The zero-order valence-electron chi connectivity index (χ0n) is 13.0. The highest BCUT2D eigenvalue weighted by molar-refractivity contribution is 5.97. The van der Waals surface area contributed by atoms with Crippen molar-refractivity contribution >= 4 is 17.6 Å². The van der Waals surface area contributed by atoms with Gasteiger partial charge in [0.05, 0.1) is 23.2 Å². The summed E-state index contributed by atoms with van der Waals surface area (Å²) in [4.78, 5) is 23.7. The minimum Gasteiger partial charge on any atom is -0.478 e. The van der Waals surface area contributed by atoms with E-state index in [0.29, 0.717) is 29.1 Å². The number of carboxylic acids is 1. The maximum absolute atomic E-state index is 12.3. The number of hydrogen-bond acceptors (Lipinski definition) is 3. The Bertz CT molecular complexity index is 800. The van der Waals surface area contributed by atoms with E-state index in [1.807, 2.05) is 13.0 Å². The maximum atomic E-state index is 12.3. The van der Waals surface area contributed by atoms with Crippen molar-refractivity contribution in [3.63, 3.8) is 0 Å². The van der Waals surface area contributed by atoms with Crippen LogP contribution in [-0.4, -0.2) is 21.6 Å². The van der Waals surface area contributed by atoms with Crippen molar-refractivity contribution in [2.45, 2.75) is 26.8 Å². The van der Waals surface area contributed by atoms with Gasteiger partial charge < -0.3 is 15.0 Å². The lowest BCUT2D eigenvalue weighted by Gasteiger charge is -2.10. The molecule has 0 aliphatic carbocycles. The molecular formula is C17H17N3O3. The first kappa shape index (κ1) is 16.3. The largest absolute Gasteiger partial charge is 0.478 e. The molecule has 6 heteroatoms. The van der Waals surface area contributed by atoms with E-state index in [2.05, 4.69) is 5.32 Å². The van der Waals surface area contributed by atoms with Crippen LogP contribution in [0.15, 0.2) is 30.5 Å². The summed E-state index contributed by atoms with van der Waals surface area (Å²) in [5.74, 6) is -1.40. The van der Waals surface area contributed by atoms with Crippen molar-refractivity contribution in [3.05, 3.63) is 52.8 Å². The molecule has 0 saturated carbocycles. The van der Waals surface area contributed by atoms with Crippen molar-refractivity contribution in [1.82, 2.24) is 4.57 Å². The molecule has 2 aromatic rings. The van der Waals surface area contributed by atoms with Gasteiger partial charge in [-0.15, -0.1) is 0 Å². The van der Waals surface area contributed by atoms with Gasteiger partial charge in [-0.2, -0.15) is 5.26 Å². The molecule has 0 fully saturated rings. The van der Waals surface area contributed by atoms with Gasteiger partial charge in [0.1, 0.15) is 6.07 Å². The lowest BCUT2D eigenvalue weighted by atomic mass is 10.1. The lowest BCUT2D eigenvalue weighted by Crippen LogP contribution is -2.19. The highest BCUT2D eigenvalue weighted by Gasteiger charge is 2.21. The molecule has 0 atom stereocenters. The van der Waals surface area contributed by atoms with E-state index in [9.17, 15) is 14.7 Å². The number of hydrogen-bond donors (Lipinski definition) is 2. The smallest absolute Gasteiger partial charge is 0.337 e. The number of carbonyl (C=O) groups is 2. The number of aromatic nitrogens is 1. The van der Waals surface area contributed by atoms with Gasteiger partial charge in [0.25, 0.3) is 0 Å². The Balaban J connectivity index is 2.27. The molecule has 1 aromatic heterocycles. The maximum Gasteiger partial charge on any atom is 0.337 e. The van der Waals surface area contributed by atoms with E-state index >= 15 is 0 Å². The SMILES string of the molecule is CCn1cc(C)c(C(=O)O)c1CC(=O)Nc1ccccc1C#N. The number of carboxylic acid groups (broad SMARTS) is 1. The van der Waals surface area contributed by atoms with Crippen LogP contribution in [0.4, 0.5) is 5.69 Å². The van der Waals surface area contributed by atoms with Gasteiger partial charge in [-0.05, 0) is 31.5 Å². The highest BCUT2D eigenvalue weighted by Crippen LogP contribution is 2.19. The number of nitrogens with zero attached hydrogens (tertiary/aromatic N) is 2. The number of nitrogens with one attached hydrogen (secondary N) is 1. The number of aryl methyl sites for hydroxylation is 2. The van der Waals surface area contributed by atoms with Crippen LogP contribution < -0.4 is 5.32 Å². The third kappa shape index (κ3) is 3.40. The zero-order chi connectivity index (χ0) is 17.0. The van der Waals surface area contributed by atoms with Gasteiger partial charge in [0.2, 0.25) is 5.91 Å². The summed E-state index contributed by atoms with van der Waals surface area (Å²) in [6.07, 6.45) is 1.67. The minimum atomic E-state index is -1.05. The van der Waals surface area contributed by atoms with Crippen molar-refractivity contribution in [3.8, 4) is 6.07 Å². The van der Waals surface area contributed by atoms with Gasteiger partial charge in [-0.1, -0.05) is 12.1 Å². The fraction of sp³-hybridized carbons (Fsp3) is 0.235. The highest BCUT2D eigenvalue weighted by atomic mass is 16.4. The minimum absolute atomic E-state index is 0.0664. The van der Waals surface area contributed by atoms with E-state index in [0.717, 1.165) is 0 Å². The molecule has 0 bridgehead atoms. The summed E-state index contributed by atoms with van der Waals surface area (Å²) in [6, 6.07) is 8.68. The topological polar surface area (TPSA) is 95.1 Å². The molecule has 2 rings (SSSR count). The molecule has 1 amide bonds. The van der Waals surface area contributed by atoms with Crippen LogP contribution in [0.3, 0.4) is 0 Å². The van der Waals surface area contributed by atoms with E-state index < -0.39 is 5.97 Å². The third-order valence-electron chi connectivity index (χ3n) is 3.58. The summed E-state index contributed by atoms with van der Waals surface area (Å²) in [7, 11) is 0. The van der Waals surface area contributed by atoms with Crippen molar-refractivity contribution < 1.29 is 14.7 Å². The van der Waals surface area contributed by atoms with Gasteiger partial charge in [-0.25, -0.2) is 4.79 Å². The molecule has 1 aromatic carbocycles. The molecule has 0 unspecified atom stereocenters. The molecule has 0 aliphatic heterocycles. The summed E-state index contributed by atoms with van der Waals surface area (Å²) >= 11 is 0. The van der Waals surface area contributed by atoms with Crippen LogP contribution in [0, 0.1) is 18.3 Å². The normalized spacial score (nSPS) is 10.1. The van der Waals surface area contributed by atoms with Gasteiger partial charge >= 0.3 is 5.97 Å². The summed E-state index contributed by atoms with van der Waals surface area (Å²) in [6.45, 7) is 4.17. The first-order valence-corrected chi connectivity index (χ1v) is 7.18. The third-order valence-corrected chi connectivity index (χ3v) is 3.58. The van der Waals surface area contributed by atoms with E-state index in [1.54, 1.807) is 42.0 Å². The fourth-order valence-electron chi connectivity index (χ4n) is 2.55. The van der Waals surface area contributed by atoms with Gasteiger partial charge in [0.15, 0.2) is 0 Å². The lowest BCUT2D eigenvalue weighted by molar-refractivity contribution is -0.115. The second kappa shape index (κ2) is 6.79. The first-order valence-electron chi connectivity index (χ1n) is 7.18. The molecule has 1 heterocycles. The molecule has 23 heavy (non-hydrogen) atoms. The van der Waals surface area contributed by atoms with Gasteiger partial charge in [0, 0.05) is 18.4 Å². The number of aromatic carboxylic acids is 1. The van der Waals surface area contributed by atoms with Crippen LogP contribution in [-0.2, 0) is 17.8 Å². The molecular weight excluding hydrogens is 294 g/mol. The number of para-hydroxylation sites is 1.